The molecule has 0 saturated heterocycles. The summed E-state index contributed by atoms with van der Waals surface area (Å²) in [5.41, 5.74) is -0.720. The van der Waals surface area contributed by atoms with Gasteiger partial charge in [-0.05, 0) is 49.6 Å². The number of nitrogens with one attached hydrogen (secondary N) is 1. The van der Waals surface area contributed by atoms with Gasteiger partial charge in [0.15, 0.2) is 6.10 Å². The maximum Gasteiger partial charge on any atom is 0.418 e. The molecule has 0 radical (unpaired) electrons. The number of alkyl halides is 6. The molecule has 2 rings (SSSR count). The molecule has 0 aliphatic heterocycles. The topological polar surface area (TPSA) is 88.1 Å². The second kappa shape index (κ2) is 16.1. The zero-order chi connectivity index (χ0) is 30.5. The maximum atomic E-state index is 13.4. The van der Waals surface area contributed by atoms with Gasteiger partial charge in [0.25, 0.3) is 0 Å². The van der Waals surface area contributed by atoms with Crippen LogP contribution in [-0.2, 0) is 22.1 Å². The monoisotopic (exact) mass is 592 g/mol. The number of aliphatic carboxylic acids is 1. The summed E-state index contributed by atoms with van der Waals surface area (Å²) < 4.78 is 88.1. The summed E-state index contributed by atoms with van der Waals surface area (Å²) >= 11 is 0. The minimum Gasteiger partial charge on any atom is -0.492 e. The van der Waals surface area contributed by atoms with Gasteiger partial charge in [0, 0.05) is 26.0 Å². The molecule has 2 N–H and O–H groups in total. The number of carboxylic acids is 1. The standard InChI is InChI=1S/C28H34F6N2O5/c1-2-40-24(25(37)38)19-20-11-13-21(14-12-20)41-18-17-36(16-8-4-3-7-15-27(29,30)31)26(39)35-23-10-6-5-9-22(23)28(32,33)34/h5-6,9-14,24H,2-4,7-8,15-19H2,1H3,(H,35,39)(H,37,38). The Morgan fingerprint density at radius 2 is 1.59 bits per heavy atom. The van der Waals surface area contributed by atoms with Crippen molar-refractivity contribution in [2.45, 2.75) is 63.9 Å². The predicted molar refractivity (Wildman–Crippen MR) is 140 cm³/mol. The number of anilines is 1. The van der Waals surface area contributed by atoms with E-state index in [-0.39, 0.29) is 39.1 Å². The molecule has 0 fully saturated rings. The van der Waals surface area contributed by atoms with E-state index in [0.717, 1.165) is 12.1 Å². The number of rotatable bonds is 16. The highest BCUT2D eigenvalue weighted by molar-refractivity contribution is 5.90. The smallest absolute Gasteiger partial charge is 0.418 e. The normalized spacial score (nSPS) is 12.6. The molecule has 13 heteroatoms. The number of amides is 2. The van der Waals surface area contributed by atoms with Crippen molar-refractivity contribution in [3.8, 4) is 5.75 Å². The van der Waals surface area contributed by atoms with E-state index in [9.17, 15) is 41.0 Å². The van der Waals surface area contributed by atoms with Crippen molar-refractivity contribution in [3.05, 3.63) is 59.7 Å². The highest BCUT2D eigenvalue weighted by atomic mass is 19.4. The summed E-state index contributed by atoms with van der Waals surface area (Å²) in [6, 6.07) is 10.3. The Hall–Kier alpha value is -3.48. The number of ether oxygens (including phenoxy) is 2. The first-order valence-electron chi connectivity index (χ1n) is 13.1. The molecule has 228 valence electrons. The lowest BCUT2D eigenvalue weighted by Crippen LogP contribution is -2.39. The maximum absolute atomic E-state index is 13.4. The van der Waals surface area contributed by atoms with Gasteiger partial charge in [-0.25, -0.2) is 9.59 Å². The highest BCUT2D eigenvalue weighted by Crippen LogP contribution is 2.34. The van der Waals surface area contributed by atoms with Gasteiger partial charge in [0.2, 0.25) is 0 Å². The Kier molecular flexibility index (Phi) is 13.2. The Labute approximate surface area is 234 Å². The van der Waals surface area contributed by atoms with Crippen molar-refractivity contribution in [2.24, 2.45) is 0 Å². The Balaban J connectivity index is 1.99. The van der Waals surface area contributed by atoms with E-state index < -0.39 is 48.1 Å². The number of carbonyl (C=O) groups is 2. The van der Waals surface area contributed by atoms with Crippen LogP contribution in [0.25, 0.3) is 0 Å². The van der Waals surface area contributed by atoms with Gasteiger partial charge in [0.1, 0.15) is 12.4 Å². The van der Waals surface area contributed by atoms with Crippen LogP contribution in [0, 0.1) is 0 Å². The second-order valence-corrected chi connectivity index (χ2v) is 9.22. The molecule has 0 bridgehead atoms. The fourth-order valence-electron chi connectivity index (χ4n) is 3.96. The van der Waals surface area contributed by atoms with Gasteiger partial charge >= 0.3 is 24.4 Å². The summed E-state index contributed by atoms with van der Waals surface area (Å²) in [7, 11) is 0. The molecule has 0 spiro atoms. The van der Waals surface area contributed by atoms with Crippen molar-refractivity contribution in [2.75, 3.05) is 31.6 Å². The van der Waals surface area contributed by atoms with Crippen molar-refractivity contribution in [3.63, 3.8) is 0 Å². The summed E-state index contributed by atoms with van der Waals surface area (Å²) in [6.07, 6.45) is -9.67. The van der Waals surface area contributed by atoms with Crippen molar-refractivity contribution in [1.29, 1.82) is 0 Å². The molecule has 41 heavy (non-hydrogen) atoms. The van der Waals surface area contributed by atoms with Gasteiger partial charge in [-0.15, -0.1) is 0 Å². The van der Waals surface area contributed by atoms with Gasteiger partial charge in [-0.1, -0.05) is 37.1 Å². The lowest BCUT2D eigenvalue weighted by atomic mass is 10.1. The van der Waals surface area contributed by atoms with Crippen LogP contribution in [0.15, 0.2) is 48.5 Å². The number of para-hydroxylation sites is 1. The van der Waals surface area contributed by atoms with Gasteiger partial charge in [0.05, 0.1) is 17.8 Å². The molecule has 2 amide bonds. The summed E-state index contributed by atoms with van der Waals surface area (Å²) in [6.45, 7) is 2.02. The van der Waals surface area contributed by atoms with Crippen LogP contribution < -0.4 is 10.1 Å². The SMILES string of the molecule is CCOC(Cc1ccc(OCCN(CCCCCCC(F)(F)F)C(=O)Nc2ccccc2C(F)(F)F)cc1)C(=O)O. The minimum absolute atomic E-state index is 0.00422. The molecule has 7 nitrogen and oxygen atoms in total. The number of halogens is 6. The molecule has 0 heterocycles. The zero-order valence-corrected chi connectivity index (χ0v) is 22.6. The molecule has 0 aliphatic carbocycles. The van der Waals surface area contributed by atoms with E-state index in [1.165, 1.54) is 17.0 Å². The number of unbranched alkanes of at least 4 members (excludes halogenated alkanes) is 3. The Morgan fingerprint density at radius 1 is 0.927 bits per heavy atom. The third-order valence-electron chi connectivity index (χ3n) is 6.02. The quantitative estimate of drug-likeness (QED) is 0.160. The van der Waals surface area contributed by atoms with Crippen LogP contribution in [0.3, 0.4) is 0 Å². The van der Waals surface area contributed by atoms with Crippen LogP contribution in [0.5, 0.6) is 5.75 Å². The molecule has 1 unspecified atom stereocenters. The molecule has 2 aromatic rings. The predicted octanol–water partition coefficient (Wildman–Crippen LogP) is 7.16. The summed E-state index contributed by atoms with van der Waals surface area (Å²) in [5, 5.41) is 11.5. The van der Waals surface area contributed by atoms with Crippen molar-refractivity contribution in [1.82, 2.24) is 4.90 Å². The van der Waals surface area contributed by atoms with E-state index in [2.05, 4.69) is 5.32 Å². The van der Waals surface area contributed by atoms with Gasteiger partial charge in [-0.3, -0.25) is 0 Å². The number of hydrogen-bond acceptors (Lipinski definition) is 4. The number of benzene rings is 2. The van der Waals surface area contributed by atoms with E-state index >= 15 is 0 Å². The first-order valence-corrected chi connectivity index (χ1v) is 13.1. The van der Waals surface area contributed by atoms with E-state index in [1.54, 1.807) is 31.2 Å². The molecule has 2 aromatic carbocycles. The Bertz CT molecular complexity index is 1090. The average molecular weight is 593 g/mol. The molecular weight excluding hydrogens is 558 g/mol. The van der Waals surface area contributed by atoms with Crippen molar-refractivity contribution < 1.29 is 50.5 Å². The van der Waals surface area contributed by atoms with E-state index in [4.69, 9.17) is 9.47 Å². The van der Waals surface area contributed by atoms with E-state index in [0.29, 0.717) is 30.6 Å². The molecular formula is C28H34F6N2O5. The second-order valence-electron chi connectivity index (χ2n) is 9.22. The van der Waals surface area contributed by atoms with Crippen LogP contribution in [0.1, 0.15) is 50.2 Å². The molecule has 0 saturated carbocycles. The van der Waals surface area contributed by atoms with Crippen LogP contribution in [0.4, 0.5) is 36.8 Å². The van der Waals surface area contributed by atoms with Gasteiger partial charge < -0.3 is 24.8 Å². The summed E-state index contributed by atoms with van der Waals surface area (Å²) in [5.74, 6) is -0.657. The molecule has 0 aromatic heterocycles. The highest BCUT2D eigenvalue weighted by Gasteiger charge is 2.34. The number of nitrogens with zero attached hydrogens (tertiary/aromatic N) is 1. The van der Waals surface area contributed by atoms with Crippen LogP contribution in [0.2, 0.25) is 0 Å². The van der Waals surface area contributed by atoms with E-state index in [1.807, 2.05) is 0 Å². The first kappa shape index (κ1) is 33.7. The number of hydrogen-bond donors (Lipinski definition) is 2. The fraction of sp³-hybridized carbons (Fsp3) is 0.500. The first-order chi connectivity index (χ1) is 19.3. The Morgan fingerprint density at radius 3 is 2.20 bits per heavy atom. The summed E-state index contributed by atoms with van der Waals surface area (Å²) in [4.78, 5) is 25.5. The van der Waals surface area contributed by atoms with Crippen molar-refractivity contribution >= 4 is 17.7 Å². The van der Waals surface area contributed by atoms with Crippen LogP contribution >= 0.6 is 0 Å². The number of carboxylic acid groups (broad SMARTS) is 1. The number of urea groups is 1. The third kappa shape index (κ3) is 12.7. The zero-order valence-electron chi connectivity index (χ0n) is 22.6. The third-order valence-corrected chi connectivity index (χ3v) is 6.02. The fourth-order valence-corrected chi connectivity index (χ4v) is 3.96. The lowest BCUT2D eigenvalue weighted by Gasteiger charge is -2.24. The van der Waals surface area contributed by atoms with Crippen LogP contribution in [-0.4, -0.2) is 60.6 Å². The molecule has 1 atom stereocenters. The average Bonchev–Trinajstić information content (AvgIpc) is 2.89. The largest absolute Gasteiger partial charge is 0.492 e. The minimum atomic E-state index is -4.68. The lowest BCUT2D eigenvalue weighted by molar-refractivity contribution is -0.150. The molecule has 0 aliphatic rings. The number of carbonyl (C=O) groups excluding carboxylic acids is 1. The van der Waals surface area contributed by atoms with Gasteiger partial charge in [-0.2, -0.15) is 26.3 Å².